The Kier molecular flexibility index (Phi) is 6.14. The predicted octanol–water partition coefficient (Wildman–Crippen LogP) is 4.02. The quantitative estimate of drug-likeness (QED) is 0.522. The van der Waals surface area contributed by atoms with Crippen LogP contribution < -0.4 is 14.4 Å². The first-order chi connectivity index (χ1) is 13.2. The first kappa shape index (κ1) is 19.0. The SMILES string of the molecule is CCOc1cc(/C=C2/C(=O)N(CC)c3ccccc32)ccc1OCCOC. The van der Waals surface area contributed by atoms with E-state index in [1.165, 1.54) is 0 Å². The predicted molar refractivity (Wildman–Crippen MR) is 107 cm³/mol. The standard InChI is InChI=1S/C22H25NO4/c1-4-23-19-9-7-6-8-17(19)18(22(23)24)14-16-10-11-20(27-13-12-25-3)21(15-16)26-5-2/h6-11,14-15H,4-5,12-13H2,1-3H3/b18-14+. The summed E-state index contributed by atoms with van der Waals surface area (Å²) in [4.78, 5) is 14.6. The topological polar surface area (TPSA) is 48.0 Å². The van der Waals surface area contributed by atoms with E-state index in [2.05, 4.69) is 0 Å². The number of nitrogens with zero attached hydrogens (tertiary/aromatic N) is 1. The van der Waals surface area contributed by atoms with Crippen LogP contribution in [0.2, 0.25) is 0 Å². The molecule has 0 unspecified atom stereocenters. The Morgan fingerprint density at radius 3 is 2.56 bits per heavy atom. The largest absolute Gasteiger partial charge is 0.490 e. The van der Waals surface area contributed by atoms with Gasteiger partial charge in [0.25, 0.3) is 5.91 Å². The van der Waals surface area contributed by atoms with Crippen molar-refractivity contribution in [2.45, 2.75) is 13.8 Å². The van der Waals surface area contributed by atoms with Gasteiger partial charge in [0.15, 0.2) is 11.5 Å². The third-order valence-corrected chi connectivity index (χ3v) is 4.40. The number of fused-ring (bicyclic) bond motifs is 1. The van der Waals surface area contributed by atoms with Crippen LogP contribution >= 0.6 is 0 Å². The third-order valence-electron chi connectivity index (χ3n) is 4.40. The maximum atomic E-state index is 12.8. The minimum Gasteiger partial charge on any atom is -0.490 e. The molecule has 5 heteroatoms. The number of para-hydroxylation sites is 1. The number of methoxy groups -OCH3 is 1. The van der Waals surface area contributed by atoms with Gasteiger partial charge in [-0.3, -0.25) is 4.79 Å². The minimum atomic E-state index is 0.0251. The highest BCUT2D eigenvalue weighted by atomic mass is 16.5. The van der Waals surface area contributed by atoms with Crippen molar-refractivity contribution in [3.05, 3.63) is 53.6 Å². The fourth-order valence-corrected chi connectivity index (χ4v) is 3.16. The normalized spacial score (nSPS) is 14.6. The van der Waals surface area contributed by atoms with Gasteiger partial charge in [0.05, 0.1) is 18.9 Å². The van der Waals surface area contributed by atoms with E-state index in [1.54, 1.807) is 12.0 Å². The van der Waals surface area contributed by atoms with Gasteiger partial charge >= 0.3 is 0 Å². The van der Waals surface area contributed by atoms with Crippen LogP contribution in [0, 0.1) is 0 Å². The van der Waals surface area contributed by atoms with E-state index in [9.17, 15) is 4.79 Å². The van der Waals surface area contributed by atoms with Gasteiger partial charge in [-0.25, -0.2) is 0 Å². The van der Waals surface area contributed by atoms with Gasteiger partial charge in [-0.05, 0) is 43.7 Å². The van der Waals surface area contributed by atoms with Crippen molar-refractivity contribution in [3.63, 3.8) is 0 Å². The lowest BCUT2D eigenvalue weighted by Gasteiger charge is -2.13. The second-order valence-electron chi connectivity index (χ2n) is 6.11. The molecule has 142 valence electrons. The Bertz CT molecular complexity index is 844. The van der Waals surface area contributed by atoms with Gasteiger partial charge in [0, 0.05) is 24.8 Å². The second kappa shape index (κ2) is 8.73. The maximum absolute atomic E-state index is 12.8. The van der Waals surface area contributed by atoms with Gasteiger partial charge < -0.3 is 19.1 Å². The Morgan fingerprint density at radius 1 is 1.00 bits per heavy atom. The zero-order chi connectivity index (χ0) is 19.2. The van der Waals surface area contributed by atoms with Crippen LogP contribution in [0.4, 0.5) is 5.69 Å². The summed E-state index contributed by atoms with van der Waals surface area (Å²) in [5.41, 5.74) is 3.51. The molecule has 0 aliphatic carbocycles. The lowest BCUT2D eigenvalue weighted by Crippen LogP contribution is -2.25. The fourth-order valence-electron chi connectivity index (χ4n) is 3.16. The van der Waals surface area contributed by atoms with Gasteiger partial charge in [0.1, 0.15) is 6.61 Å². The number of carbonyl (C=O) groups excluding carboxylic acids is 1. The first-order valence-electron chi connectivity index (χ1n) is 9.21. The van der Waals surface area contributed by atoms with Crippen LogP contribution in [0.3, 0.4) is 0 Å². The summed E-state index contributed by atoms with van der Waals surface area (Å²) < 4.78 is 16.5. The number of rotatable bonds is 8. The van der Waals surface area contributed by atoms with Crippen molar-refractivity contribution in [3.8, 4) is 11.5 Å². The van der Waals surface area contributed by atoms with Gasteiger partial charge in [-0.15, -0.1) is 0 Å². The van der Waals surface area contributed by atoms with Crippen molar-refractivity contribution < 1.29 is 19.0 Å². The van der Waals surface area contributed by atoms with Gasteiger partial charge in [0.2, 0.25) is 0 Å². The Balaban J connectivity index is 1.94. The van der Waals surface area contributed by atoms with Crippen molar-refractivity contribution >= 4 is 23.2 Å². The molecule has 0 aromatic heterocycles. The molecule has 27 heavy (non-hydrogen) atoms. The average Bonchev–Trinajstić information content (AvgIpc) is 2.95. The molecule has 0 fully saturated rings. The second-order valence-corrected chi connectivity index (χ2v) is 6.11. The fraction of sp³-hybridized carbons (Fsp3) is 0.318. The van der Waals surface area contributed by atoms with Crippen LogP contribution in [0.15, 0.2) is 42.5 Å². The lowest BCUT2D eigenvalue weighted by atomic mass is 10.0. The van der Waals surface area contributed by atoms with Crippen LogP contribution in [0.25, 0.3) is 11.6 Å². The number of amides is 1. The monoisotopic (exact) mass is 367 g/mol. The molecule has 1 aliphatic rings. The zero-order valence-corrected chi connectivity index (χ0v) is 16.0. The molecule has 0 saturated heterocycles. The molecule has 1 aliphatic heterocycles. The molecular weight excluding hydrogens is 342 g/mol. The molecule has 0 N–H and O–H groups in total. The average molecular weight is 367 g/mol. The number of ether oxygens (including phenoxy) is 3. The minimum absolute atomic E-state index is 0.0251. The van der Waals surface area contributed by atoms with E-state index >= 15 is 0 Å². The van der Waals surface area contributed by atoms with Crippen molar-refractivity contribution in [2.24, 2.45) is 0 Å². The van der Waals surface area contributed by atoms with E-state index in [4.69, 9.17) is 14.2 Å². The lowest BCUT2D eigenvalue weighted by molar-refractivity contribution is -0.112. The van der Waals surface area contributed by atoms with E-state index in [1.807, 2.05) is 62.4 Å². The Labute approximate surface area is 160 Å². The highest BCUT2D eigenvalue weighted by Gasteiger charge is 2.30. The summed E-state index contributed by atoms with van der Waals surface area (Å²) in [7, 11) is 1.64. The summed E-state index contributed by atoms with van der Waals surface area (Å²) in [5, 5.41) is 0. The Morgan fingerprint density at radius 2 is 1.81 bits per heavy atom. The molecule has 2 aromatic rings. The van der Waals surface area contributed by atoms with Crippen molar-refractivity contribution in [2.75, 3.05) is 38.4 Å². The van der Waals surface area contributed by atoms with Crippen LogP contribution in [0.5, 0.6) is 11.5 Å². The van der Waals surface area contributed by atoms with E-state index < -0.39 is 0 Å². The summed E-state index contributed by atoms with van der Waals surface area (Å²) >= 11 is 0. The molecule has 0 saturated carbocycles. The third kappa shape index (κ3) is 3.98. The number of benzene rings is 2. The molecule has 0 radical (unpaired) electrons. The van der Waals surface area contributed by atoms with Crippen molar-refractivity contribution in [1.29, 1.82) is 0 Å². The summed E-state index contributed by atoms with van der Waals surface area (Å²) in [6.45, 7) is 6.05. The molecule has 1 heterocycles. The summed E-state index contributed by atoms with van der Waals surface area (Å²) in [5.74, 6) is 1.36. The molecule has 3 rings (SSSR count). The highest BCUT2D eigenvalue weighted by molar-refractivity contribution is 6.35. The van der Waals surface area contributed by atoms with Crippen LogP contribution in [-0.2, 0) is 9.53 Å². The van der Waals surface area contributed by atoms with Gasteiger partial charge in [-0.2, -0.15) is 0 Å². The van der Waals surface area contributed by atoms with Crippen molar-refractivity contribution in [1.82, 2.24) is 0 Å². The van der Waals surface area contributed by atoms with E-state index in [-0.39, 0.29) is 5.91 Å². The van der Waals surface area contributed by atoms with Crippen LogP contribution in [0.1, 0.15) is 25.0 Å². The molecular formula is C22H25NO4. The van der Waals surface area contributed by atoms with E-state index in [0.29, 0.717) is 43.4 Å². The molecule has 1 amide bonds. The molecule has 0 bridgehead atoms. The first-order valence-corrected chi connectivity index (χ1v) is 9.21. The van der Waals surface area contributed by atoms with Crippen LogP contribution in [-0.4, -0.2) is 39.4 Å². The summed E-state index contributed by atoms with van der Waals surface area (Å²) in [6, 6.07) is 13.6. The number of carbonyl (C=O) groups is 1. The number of likely N-dealkylation sites (N-methyl/N-ethyl adjacent to an activating group) is 1. The highest BCUT2D eigenvalue weighted by Crippen LogP contribution is 2.38. The van der Waals surface area contributed by atoms with Gasteiger partial charge in [-0.1, -0.05) is 24.3 Å². The number of anilines is 1. The van der Waals surface area contributed by atoms with E-state index in [0.717, 1.165) is 16.8 Å². The smallest absolute Gasteiger partial charge is 0.258 e. The molecule has 5 nitrogen and oxygen atoms in total. The molecule has 2 aromatic carbocycles. The zero-order valence-electron chi connectivity index (χ0n) is 16.0. The number of hydrogen-bond donors (Lipinski definition) is 0. The number of hydrogen-bond acceptors (Lipinski definition) is 4. The summed E-state index contributed by atoms with van der Waals surface area (Å²) in [6.07, 6.45) is 1.91. The molecule has 0 spiro atoms. The Hall–Kier alpha value is -2.79. The molecule has 0 atom stereocenters. The maximum Gasteiger partial charge on any atom is 0.258 e.